The molecule has 1 fully saturated rings. The summed E-state index contributed by atoms with van der Waals surface area (Å²) in [6, 6.07) is 14.2. The molecule has 3 rings (SSSR count). The third kappa shape index (κ3) is 3.27. The molecule has 1 atom stereocenters. The SMILES string of the molecule is CCC1(c2ccc(Cl)cc2)NC(=O)N(CCOc2ccccc2C)C1=O. The lowest BCUT2D eigenvalue weighted by atomic mass is 9.87. The topological polar surface area (TPSA) is 58.6 Å². The van der Waals surface area contributed by atoms with Gasteiger partial charge in [-0.25, -0.2) is 4.79 Å². The first-order valence-corrected chi connectivity index (χ1v) is 8.94. The van der Waals surface area contributed by atoms with Crippen LogP contribution in [-0.4, -0.2) is 30.0 Å². The monoisotopic (exact) mass is 372 g/mol. The molecule has 1 unspecified atom stereocenters. The maximum absolute atomic E-state index is 13.0. The van der Waals surface area contributed by atoms with E-state index in [1.807, 2.05) is 38.1 Å². The number of nitrogens with zero attached hydrogens (tertiary/aromatic N) is 1. The fraction of sp³-hybridized carbons (Fsp3) is 0.300. The highest BCUT2D eigenvalue weighted by molar-refractivity contribution is 6.30. The van der Waals surface area contributed by atoms with Crippen molar-refractivity contribution >= 4 is 23.5 Å². The van der Waals surface area contributed by atoms with E-state index in [1.165, 1.54) is 4.90 Å². The number of aryl methyl sites for hydroxylation is 1. The molecule has 136 valence electrons. The van der Waals surface area contributed by atoms with Gasteiger partial charge in [-0.05, 0) is 42.7 Å². The summed E-state index contributed by atoms with van der Waals surface area (Å²) in [7, 11) is 0. The lowest BCUT2D eigenvalue weighted by Gasteiger charge is -2.26. The van der Waals surface area contributed by atoms with E-state index in [0.717, 1.165) is 16.9 Å². The highest BCUT2D eigenvalue weighted by atomic mass is 35.5. The molecule has 1 aliphatic heterocycles. The Balaban J connectivity index is 1.73. The average Bonchev–Trinajstić information content (AvgIpc) is 2.89. The zero-order chi connectivity index (χ0) is 18.7. The number of urea groups is 1. The van der Waals surface area contributed by atoms with Gasteiger partial charge < -0.3 is 10.1 Å². The Kier molecular flexibility index (Phi) is 5.18. The zero-order valence-corrected chi connectivity index (χ0v) is 15.5. The minimum absolute atomic E-state index is 0.189. The highest BCUT2D eigenvalue weighted by Crippen LogP contribution is 2.33. The summed E-state index contributed by atoms with van der Waals surface area (Å²) >= 11 is 5.94. The third-order valence-corrected chi connectivity index (χ3v) is 4.96. The number of amides is 3. The first kappa shape index (κ1) is 18.3. The molecule has 0 aromatic heterocycles. The van der Waals surface area contributed by atoms with Crippen molar-refractivity contribution in [2.75, 3.05) is 13.2 Å². The third-order valence-electron chi connectivity index (χ3n) is 4.71. The Morgan fingerprint density at radius 2 is 1.81 bits per heavy atom. The second-order valence-electron chi connectivity index (χ2n) is 6.27. The van der Waals surface area contributed by atoms with E-state index in [1.54, 1.807) is 24.3 Å². The summed E-state index contributed by atoms with van der Waals surface area (Å²) in [5.41, 5.74) is 0.684. The molecule has 6 heteroatoms. The van der Waals surface area contributed by atoms with Crippen molar-refractivity contribution in [3.8, 4) is 5.75 Å². The number of hydrogen-bond donors (Lipinski definition) is 1. The molecule has 1 aliphatic rings. The highest BCUT2D eigenvalue weighted by Gasteiger charge is 2.50. The molecular formula is C20H21ClN2O3. The first-order chi connectivity index (χ1) is 12.5. The van der Waals surface area contributed by atoms with E-state index in [-0.39, 0.29) is 19.1 Å². The van der Waals surface area contributed by atoms with Gasteiger partial charge in [0.2, 0.25) is 0 Å². The van der Waals surface area contributed by atoms with Crippen molar-refractivity contribution in [2.24, 2.45) is 0 Å². The Morgan fingerprint density at radius 3 is 2.46 bits per heavy atom. The summed E-state index contributed by atoms with van der Waals surface area (Å²) in [6.07, 6.45) is 0.453. The Bertz CT molecular complexity index is 822. The fourth-order valence-corrected chi connectivity index (χ4v) is 3.29. The predicted molar refractivity (Wildman–Crippen MR) is 100 cm³/mol. The van der Waals surface area contributed by atoms with E-state index in [0.29, 0.717) is 11.4 Å². The molecule has 1 N–H and O–H groups in total. The van der Waals surface area contributed by atoms with Crippen LogP contribution in [-0.2, 0) is 10.3 Å². The summed E-state index contributed by atoms with van der Waals surface area (Å²) in [5, 5.41) is 3.44. The predicted octanol–water partition coefficient (Wildman–Crippen LogP) is 3.88. The number of benzene rings is 2. The minimum Gasteiger partial charge on any atom is -0.491 e. The first-order valence-electron chi connectivity index (χ1n) is 8.56. The summed E-state index contributed by atoms with van der Waals surface area (Å²) < 4.78 is 5.73. The zero-order valence-electron chi connectivity index (χ0n) is 14.8. The quantitative estimate of drug-likeness (QED) is 0.783. The molecule has 0 spiro atoms. The summed E-state index contributed by atoms with van der Waals surface area (Å²) in [4.78, 5) is 26.7. The van der Waals surface area contributed by atoms with Gasteiger partial charge in [0.1, 0.15) is 17.9 Å². The number of rotatable bonds is 6. The van der Waals surface area contributed by atoms with Crippen molar-refractivity contribution in [3.05, 3.63) is 64.7 Å². The second-order valence-corrected chi connectivity index (χ2v) is 6.70. The van der Waals surface area contributed by atoms with Crippen LogP contribution < -0.4 is 10.1 Å². The fourth-order valence-electron chi connectivity index (χ4n) is 3.17. The van der Waals surface area contributed by atoms with Crippen LogP contribution in [0.4, 0.5) is 4.79 Å². The van der Waals surface area contributed by atoms with Crippen molar-refractivity contribution in [3.63, 3.8) is 0 Å². The maximum Gasteiger partial charge on any atom is 0.325 e. The molecule has 1 heterocycles. The number of carbonyl (C=O) groups is 2. The van der Waals surface area contributed by atoms with Crippen LogP contribution in [0.3, 0.4) is 0 Å². The van der Waals surface area contributed by atoms with E-state index in [4.69, 9.17) is 16.3 Å². The molecule has 2 aromatic rings. The average molecular weight is 373 g/mol. The number of carbonyl (C=O) groups excluding carboxylic acids is 2. The van der Waals surface area contributed by atoms with Gasteiger partial charge in [-0.3, -0.25) is 9.69 Å². The van der Waals surface area contributed by atoms with Gasteiger partial charge >= 0.3 is 6.03 Å². The molecule has 26 heavy (non-hydrogen) atoms. The molecule has 1 saturated heterocycles. The number of imide groups is 1. The molecule has 0 bridgehead atoms. The van der Waals surface area contributed by atoms with Gasteiger partial charge in [-0.15, -0.1) is 0 Å². The van der Waals surface area contributed by atoms with Crippen molar-refractivity contribution in [2.45, 2.75) is 25.8 Å². The van der Waals surface area contributed by atoms with Crippen LogP contribution in [0.25, 0.3) is 0 Å². The molecule has 0 aliphatic carbocycles. The summed E-state index contributed by atoms with van der Waals surface area (Å²) in [5.74, 6) is 0.486. The van der Waals surface area contributed by atoms with Gasteiger partial charge in [-0.2, -0.15) is 0 Å². The van der Waals surface area contributed by atoms with Gasteiger partial charge in [0, 0.05) is 5.02 Å². The van der Waals surface area contributed by atoms with Gasteiger partial charge in [-0.1, -0.05) is 48.9 Å². The Morgan fingerprint density at radius 1 is 1.12 bits per heavy atom. The summed E-state index contributed by atoms with van der Waals surface area (Å²) in [6.45, 7) is 4.25. The maximum atomic E-state index is 13.0. The Labute approximate surface area is 157 Å². The molecule has 0 radical (unpaired) electrons. The van der Waals surface area contributed by atoms with E-state index in [2.05, 4.69) is 5.32 Å². The number of halogens is 1. The lowest BCUT2D eigenvalue weighted by molar-refractivity contribution is -0.132. The van der Waals surface area contributed by atoms with Crippen LogP contribution in [0, 0.1) is 6.92 Å². The van der Waals surface area contributed by atoms with Gasteiger partial charge in [0.05, 0.1) is 6.54 Å². The van der Waals surface area contributed by atoms with E-state index in [9.17, 15) is 9.59 Å². The molecule has 5 nitrogen and oxygen atoms in total. The van der Waals surface area contributed by atoms with Gasteiger partial charge in [0.15, 0.2) is 0 Å². The number of para-hydroxylation sites is 1. The van der Waals surface area contributed by atoms with E-state index < -0.39 is 11.6 Å². The lowest BCUT2D eigenvalue weighted by Crippen LogP contribution is -2.43. The van der Waals surface area contributed by atoms with Crippen LogP contribution >= 0.6 is 11.6 Å². The van der Waals surface area contributed by atoms with Gasteiger partial charge in [0.25, 0.3) is 5.91 Å². The molecule has 0 saturated carbocycles. The van der Waals surface area contributed by atoms with Crippen LogP contribution in [0.2, 0.25) is 5.02 Å². The van der Waals surface area contributed by atoms with Crippen molar-refractivity contribution in [1.29, 1.82) is 0 Å². The smallest absolute Gasteiger partial charge is 0.325 e. The molecule has 2 aromatic carbocycles. The van der Waals surface area contributed by atoms with E-state index >= 15 is 0 Å². The number of hydrogen-bond acceptors (Lipinski definition) is 3. The largest absolute Gasteiger partial charge is 0.491 e. The molecule has 3 amide bonds. The van der Waals surface area contributed by atoms with Crippen LogP contribution in [0.15, 0.2) is 48.5 Å². The van der Waals surface area contributed by atoms with Crippen LogP contribution in [0.5, 0.6) is 5.75 Å². The second kappa shape index (κ2) is 7.38. The normalized spacial score (nSPS) is 19.6. The molecular weight excluding hydrogens is 352 g/mol. The van der Waals surface area contributed by atoms with Crippen molar-refractivity contribution < 1.29 is 14.3 Å². The number of nitrogens with one attached hydrogen (secondary N) is 1. The van der Waals surface area contributed by atoms with Crippen molar-refractivity contribution in [1.82, 2.24) is 10.2 Å². The number of ether oxygens (including phenoxy) is 1. The minimum atomic E-state index is -1.05. The van der Waals surface area contributed by atoms with Crippen LogP contribution in [0.1, 0.15) is 24.5 Å². The Hall–Kier alpha value is -2.53. The standard InChI is InChI=1S/C20H21ClN2O3/c1-3-20(15-8-10-16(21)11-9-15)18(24)23(19(25)22-20)12-13-26-17-7-5-4-6-14(17)2/h4-11H,3,12-13H2,1-2H3,(H,22,25).